The molecule has 0 saturated carbocycles. The van der Waals surface area contributed by atoms with Crippen LogP contribution in [0.5, 0.6) is 0 Å². The van der Waals surface area contributed by atoms with Crippen LogP contribution in [0.15, 0.2) is 78.0 Å². The molecule has 0 bridgehead atoms. The van der Waals surface area contributed by atoms with E-state index < -0.39 is 41.6 Å². The maximum Gasteiger partial charge on any atom is 0.337 e. The molecule has 5 atom stereocenters. The van der Waals surface area contributed by atoms with Gasteiger partial charge >= 0.3 is 5.97 Å². The van der Waals surface area contributed by atoms with E-state index >= 15 is 0 Å². The van der Waals surface area contributed by atoms with E-state index in [-0.39, 0.29) is 31.4 Å². The predicted octanol–water partition coefficient (Wildman–Crippen LogP) is 2.45. The summed E-state index contributed by atoms with van der Waals surface area (Å²) in [7, 11) is 1.32. The Hall–Kier alpha value is -4.68. The Kier molecular flexibility index (Phi) is 10.4. The highest BCUT2D eigenvalue weighted by Crippen LogP contribution is 2.32. The van der Waals surface area contributed by atoms with Crippen molar-refractivity contribution in [3.8, 4) is 11.4 Å². The van der Waals surface area contributed by atoms with E-state index in [4.69, 9.17) is 24.9 Å². The smallest absolute Gasteiger partial charge is 0.337 e. The molecule has 1 saturated heterocycles. The van der Waals surface area contributed by atoms with Crippen molar-refractivity contribution in [2.45, 2.75) is 69.5 Å². The van der Waals surface area contributed by atoms with Gasteiger partial charge in [-0.3, -0.25) is 9.59 Å². The number of hydrogen-bond acceptors (Lipinski definition) is 10. The summed E-state index contributed by atoms with van der Waals surface area (Å²) >= 11 is 0. The van der Waals surface area contributed by atoms with Gasteiger partial charge in [-0.15, -0.1) is 0 Å². The van der Waals surface area contributed by atoms with Gasteiger partial charge in [-0.1, -0.05) is 48.5 Å². The van der Waals surface area contributed by atoms with Crippen LogP contribution in [0.1, 0.15) is 37.8 Å². The lowest BCUT2D eigenvalue weighted by atomic mass is 9.91. The third kappa shape index (κ3) is 7.40. The summed E-state index contributed by atoms with van der Waals surface area (Å²) < 4.78 is 17.4. The Morgan fingerprint density at radius 3 is 2.52 bits per heavy atom. The maximum atomic E-state index is 14.1. The molecule has 2 aromatic carbocycles. The van der Waals surface area contributed by atoms with Gasteiger partial charge in [-0.2, -0.15) is 0 Å². The Balaban J connectivity index is 1.37. The summed E-state index contributed by atoms with van der Waals surface area (Å²) in [6.07, 6.45) is 4.15. The van der Waals surface area contributed by atoms with Crippen molar-refractivity contribution in [3.05, 3.63) is 84.2 Å². The van der Waals surface area contributed by atoms with Gasteiger partial charge in [-0.05, 0) is 49.9 Å². The summed E-state index contributed by atoms with van der Waals surface area (Å²) in [6, 6.07) is 16.6. The number of aromatic nitrogens is 2. The number of benzene rings is 2. The fourth-order valence-electron chi connectivity index (χ4n) is 5.73. The minimum atomic E-state index is -1.34. The first-order chi connectivity index (χ1) is 22.2. The number of amides is 2. The number of nitrogens with one attached hydrogen (secondary N) is 1. The summed E-state index contributed by atoms with van der Waals surface area (Å²) in [6.45, 7) is 3.95. The van der Waals surface area contributed by atoms with Crippen LogP contribution in [0.4, 0.5) is 0 Å². The van der Waals surface area contributed by atoms with Crippen LogP contribution < -0.4 is 11.1 Å². The molecule has 12 nitrogen and oxygen atoms in total. The second-order valence-electron chi connectivity index (χ2n) is 11.7. The Bertz CT molecular complexity index is 1550. The fraction of sp³-hybridized carbons (Fsp3) is 0.412. The highest BCUT2D eigenvalue weighted by atomic mass is 16.5. The number of esters is 1. The number of likely N-dealkylation sites (tertiary alicyclic amines) is 1. The summed E-state index contributed by atoms with van der Waals surface area (Å²) in [4.78, 5) is 55.2. The standard InChI is InChI=1S/C34H40N6O6/c1-22(35)30(41)38-28(23(2)45-20-24-10-5-4-6-11-24)32(42)40-17-8-14-27(40)31-39-34(21-46-31,33(43)44-3)19-25-12-7-13-26(18-25)29-36-15-9-16-37-29/h4-7,9-13,15-16,18,22-23,27-28H,8,14,17,19-21,35H2,1-3H3,(H,38,41)/t22?,23?,27?,28?,34-/m1/s1. The number of aliphatic imine (C=N–C) groups is 1. The summed E-state index contributed by atoms with van der Waals surface area (Å²) in [5, 5.41) is 2.79. The van der Waals surface area contributed by atoms with E-state index in [0.29, 0.717) is 25.2 Å². The lowest BCUT2D eigenvalue weighted by Crippen LogP contribution is -2.58. The average Bonchev–Trinajstić information content (AvgIpc) is 3.74. The number of hydrogen-bond donors (Lipinski definition) is 2. The second-order valence-corrected chi connectivity index (χ2v) is 11.7. The molecule has 3 N–H and O–H groups in total. The first-order valence-corrected chi connectivity index (χ1v) is 15.4. The van der Waals surface area contributed by atoms with Gasteiger partial charge in [0.05, 0.1) is 25.9 Å². The van der Waals surface area contributed by atoms with Crippen LogP contribution in [-0.4, -0.2) is 88.6 Å². The average molecular weight is 629 g/mol. The van der Waals surface area contributed by atoms with Crippen LogP contribution in [-0.2, 0) is 41.6 Å². The molecule has 3 heterocycles. The van der Waals surface area contributed by atoms with Gasteiger partial charge in [0, 0.05) is 30.9 Å². The minimum Gasteiger partial charge on any atom is -0.476 e. The number of rotatable bonds is 12. The molecule has 3 aromatic rings. The molecule has 4 unspecified atom stereocenters. The Labute approximate surface area is 268 Å². The maximum absolute atomic E-state index is 14.1. The monoisotopic (exact) mass is 628 g/mol. The van der Waals surface area contributed by atoms with E-state index in [1.165, 1.54) is 7.11 Å². The molecule has 2 aliphatic rings. The van der Waals surface area contributed by atoms with E-state index in [0.717, 1.165) is 16.7 Å². The SMILES string of the molecule is COC(=O)[C@@]1(Cc2cccc(-c3ncccn3)c2)COC(C2CCCN2C(=O)C(NC(=O)C(C)N)C(C)OCc2ccccc2)=N1. The predicted molar refractivity (Wildman–Crippen MR) is 170 cm³/mol. The van der Waals surface area contributed by atoms with Gasteiger partial charge < -0.3 is 30.2 Å². The van der Waals surface area contributed by atoms with Crippen LogP contribution in [0.3, 0.4) is 0 Å². The van der Waals surface area contributed by atoms with E-state index in [2.05, 4.69) is 15.3 Å². The van der Waals surface area contributed by atoms with Gasteiger partial charge in [-0.25, -0.2) is 19.8 Å². The topological polar surface area (TPSA) is 158 Å². The van der Waals surface area contributed by atoms with E-state index in [1.54, 1.807) is 37.2 Å². The molecule has 0 spiro atoms. The molecule has 0 aliphatic carbocycles. The molecular weight excluding hydrogens is 588 g/mol. The Morgan fingerprint density at radius 1 is 1.07 bits per heavy atom. The lowest BCUT2D eigenvalue weighted by Gasteiger charge is -2.32. The molecule has 2 aliphatic heterocycles. The zero-order valence-corrected chi connectivity index (χ0v) is 26.3. The largest absolute Gasteiger partial charge is 0.476 e. The van der Waals surface area contributed by atoms with Crippen molar-refractivity contribution in [1.29, 1.82) is 0 Å². The summed E-state index contributed by atoms with van der Waals surface area (Å²) in [5.41, 5.74) is 7.06. The van der Waals surface area contributed by atoms with E-state index in [1.807, 2.05) is 54.6 Å². The van der Waals surface area contributed by atoms with Crippen LogP contribution in [0.25, 0.3) is 11.4 Å². The highest BCUT2D eigenvalue weighted by Gasteiger charge is 2.49. The molecule has 2 amide bonds. The van der Waals surface area contributed by atoms with Gasteiger partial charge in [0.2, 0.25) is 17.7 Å². The van der Waals surface area contributed by atoms with Crippen LogP contribution in [0, 0.1) is 0 Å². The van der Waals surface area contributed by atoms with Crippen molar-refractivity contribution in [1.82, 2.24) is 20.2 Å². The minimum absolute atomic E-state index is 0.0406. The number of carbonyl (C=O) groups is 3. The molecule has 1 fully saturated rings. The summed E-state index contributed by atoms with van der Waals surface area (Å²) in [5.74, 6) is -0.490. The molecule has 5 rings (SSSR count). The molecule has 242 valence electrons. The number of ether oxygens (including phenoxy) is 3. The van der Waals surface area contributed by atoms with E-state index in [9.17, 15) is 14.4 Å². The third-order valence-corrected chi connectivity index (χ3v) is 8.22. The molecular formula is C34H40N6O6. The van der Waals surface area contributed by atoms with Crippen LogP contribution in [0.2, 0.25) is 0 Å². The molecule has 0 radical (unpaired) electrons. The fourth-order valence-corrected chi connectivity index (χ4v) is 5.73. The van der Waals surface area contributed by atoms with Gasteiger partial charge in [0.25, 0.3) is 0 Å². The zero-order chi connectivity index (χ0) is 32.7. The number of methoxy groups -OCH3 is 1. The lowest BCUT2D eigenvalue weighted by molar-refractivity contribution is -0.147. The number of nitrogens with zero attached hydrogens (tertiary/aromatic N) is 4. The molecule has 46 heavy (non-hydrogen) atoms. The van der Waals surface area contributed by atoms with Gasteiger partial charge in [0.15, 0.2) is 11.4 Å². The van der Waals surface area contributed by atoms with Crippen molar-refractivity contribution in [3.63, 3.8) is 0 Å². The first-order valence-electron chi connectivity index (χ1n) is 15.4. The third-order valence-electron chi connectivity index (χ3n) is 8.22. The number of carbonyl (C=O) groups excluding carboxylic acids is 3. The van der Waals surface area contributed by atoms with Crippen molar-refractivity contribution >= 4 is 23.7 Å². The zero-order valence-electron chi connectivity index (χ0n) is 26.3. The first kappa shape index (κ1) is 32.7. The van der Waals surface area contributed by atoms with Crippen molar-refractivity contribution < 1.29 is 28.6 Å². The normalized spacial score (nSPS) is 21.1. The quantitative estimate of drug-likeness (QED) is 0.288. The van der Waals surface area contributed by atoms with Crippen LogP contribution >= 0.6 is 0 Å². The molecule has 1 aromatic heterocycles. The molecule has 12 heteroatoms. The van der Waals surface area contributed by atoms with Gasteiger partial charge in [0.1, 0.15) is 18.7 Å². The Morgan fingerprint density at radius 2 is 1.80 bits per heavy atom. The van der Waals surface area contributed by atoms with Crippen molar-refractivity contribution in [2.75, 3.05) is 20.3 Å². The van der Waals surface area contributed by atoms with Crippen molar-refractivity contribution in [2.24, 2.45) is 10.7 Å². The highest BCUT2D eigenvalue weighted by molar-refractivity contribution is 5.96. The number of nitrogens with two attached hydrogens (primary N) is 1. The second kappa shape index (κ2) is 14.6.